The van der Waals surface area contributed by atoms with Crippen LogP contribution in [0.5, 0.6) is 11.5 Å². The van der Waals surface area contributed by atoms with Gasteiger partial charge in [0.25, 0.3) is 0 Å². The number of rotatable bonds is 10. The zero-order valence-electron chi connectivity index (χ0n) is 15.0. The molecule has 1 N–H and O–H groups in total. The molecule has 0 saturated heterocycles. The van der Waals surface area contributed by atoms with E-state index in [0.717, 1.165) is 54.1 Å². The highest BCUT2D eigenvalue weighted by atomic mass is 19.1. The van der Waals surface area contributed by atoms with Crippen molar-refractivity contribution in [3.63, 3.8) is 0 Å². The first-order valence-corrected chi connectivity index (χ1v) is 8.56. The third-order valence-electron chi connectivity index (χ3n) is 3.90. The third-order valence-corrected chi connectivity index (χ3v) is 3.90. The first-order valence-electron chi connectivity index (χ1n) is 8.56. The van der Waals surface area contributed by atoms with Crippen molar-refractivity contribution in [1.82, 2.24) is 5.32 Å². The molecule has 2 aromatic carbocycles. The van der Waals surface area contributed by atoms with E-state index in [1.165, 1.54) is 12.1 Å². The summed E-state index contributed by atoms with van der Waals surface area (Å²) in [6.07, 6.45) is 3.45. The van der Waals surface area contributed by atoms with Gasteiger partial charge >= 0.3 is 0 Å². The Bertz CT molecular complexity index is 683. The zero-order valence-corrected chi connectivity index (χ0v) is 15.0. The summed E-state index contributed by atoms with van der Waals surface area (Å²) in [6, 6.07) is 10.8. The van der Waals surface area contributed by atoms with Crippen LogP contribution in [0.2, 0.25) is 0 Å². The molecule has 0 bridgehead atoms. The van der Waals surface area contributed by atoms with Gasteiger partial charge in [-0.3, -0.25) is 0 Å². The Labute approximate surface area is 149 Å². The summed E-state index contributed by atoms with van der Waals surface area (Å²) in [5, 5.41) is 3.42. The summed E-state index contributed by atoms with van der Waals surface area (Å²) in [4.78, 5) is 0. The molecule has 0 heterocycles. The Balaban J connectivity index is 1.99. The molecule has 0 amide bonds. The molecule has 2 aromatic rings. The predicted octanol–water partition coefficient (Wildman–Crippen LogP) is 4.29. The lowest BCUT2D eigenvalue weighted by atomic mass is 10.1. The van der Waals surface area contributed by atoms with Gasteiger partial charge in [-0.1, -0.05) is 24.3 Å². The van der Waals surface area contributed by atoms with Gasteiger partial charge in [0.2, 0.25) is 0 Å². The number of methoxy groups -OCH3 is 1. The Morgan fingerprint density at radius 1 is 1.16 bits per heavy atom. The topological polar surface area (TPSA) is 30.5 Å². The minimum atomic E-state index is -0.201. The molecule has 0 saturated carbocycles. The van der Waals surface area contributed by atoms with Crippen LogP contribution in [-0.4, -0.2) is 20.3 Å². The van der Waals surface area contributed by atoms with E-state index in [2.05, 4.69) is 18.0 Å². The van der Waals surface area contributed by atoms with Crippen LogP contribution in [0, 0.1) is 5.82 Å². The van der Waals surface area contributed by atoms with Crippen molar-refractivity contribution in [3.05, 3.63) is 71.6 Å². The smallest absolute Gasteiger partial charge is 0.164 e. The van der Waals surface area contributed by atoms with E-state index < -0.39 is 0 Å². The van der Waals surface area contributed by atoms with E-state index >= 15 is 0 Å². The second kappa shape index (κ2) is 9.84. The van der Waals surface area contributed by atoms with Crippen molar-refractivity contribution < 1.29 is 13.9 Å². The van der Waals surface area contributed by atoms with Gasteiger partial charge in [-0.15, -0.1) is 6.58 Å². The molecule has 3 nitrogen and oxygen atoms in total. The lowest BCUT2D eigenvalue weighted by Crippen LogP contribution is -2.17. The van der Waals surface area contributed by atoms with E-state index in [9.17, 15) is 4.39 Å². The first kappa shape index (κ1) is 19.0. The number of benzene rings is 2. The van der Waals surface area contributed by atoms with E-state index in [1.807, 2.05) is 31.2 Å². The van der Waals surface area contributed by atoms with Crippen molar-refractivity contribution in [2.45, 2.75) is 26.3 Å². The van der Waals surface area contributed by atoms with Crippen LogP contribution in [0.15, 0.2) is 49.1 Å². The fraction of sp³-hybridized carbons (Fsp3) is 0.333. The monoisotopic (exact) mass is 343 g/mol. The van der Waals surface area contributed by atoms with Gasteiger partial charge in [0, 0.05) is 12.1 Å². The molecule has 0 aromatic heterocycles. The van der Waals surface area contributed by atoms with E-state index in [0.29, 0.717) is 6.61 Å². The highest BCUT2D eigenvalue weighted by molar-refractivity contribution is 5.50. The molecular formula is C21H26FNO2. The fourth-order valence-electron chi connectivity index (χ4n) is 2.71. The Hall–Kier alpha value is -2.33. The highest BCUT2D eigenvalue weighted by Crippen LogP contribution is 2.33. The Kier molecular flexibility index (Phi) is 7.48. The average Bonchev–Trinajstić information content (AvgIpc) is 2.62. The van der Waals surface area contributed by atoms with Crippen molar-refractivity contribution in [2.24, 2.45) is 0 Å². The molecule has 0 aliphatic heterocycles. The molecule has 0 atom stereocenters. The van der Waals surface area contributed by atoms with Crippen LogP contribution < -0.4 is 14.8 Å². The van der Waals surface area contributed by atoms with Crippen molar-refractivity contribution in [2.75, 3.05) is 20.3 Å². The van der Waals surface area contributed by atoms with Gasteiger partial charge in [0.05, 0.1) is 13.7 Å². The largest absolute Gasteiger partial charge is 0.493 e. The summed E-state index contributed by atoms with van der Waals surface area (Å²) in [7, 11) is 1.65. The molecule has 25 heavy (non-hydrogen) atoms. The van der Waals surface area contributed by atoms with Crippen molar-refractivity contribution in [1.29, 1.82) is 0 Å². The van der Waals surface area contributed by atoms with Gasteiger partial charge in [-0.25, -0.2) is 4.39 Å². The lowest BCUT2D eigenvalue weighted by Gasteiger charge is -2.16. The summed E-state index contributed by atoms with van der Waals surface area (Å²) in [6.45, 7) is 7.92. The molecule has 0 radical (unpaired) electrons. The van der Waals surface area contributed by atoms with E-state index in [1.54, 1.807) is 7.11 Å². The molecule has 0 fully saturated rings. The quantitative estimate of drug-likeness (QED) is 0.515. The van der Waals surface area contributed by atoms with Gasteiger partial charge in [-0.2, -0.15) is 0 Å². The first-order chi connectivity index (χ1) is 12.2. The van der Waals surface area contributed by atoms with E-state index in [-0.39, 0.29) is 5.82 Å². The third kappa shape index (κ3) is 5.61. The molecule has 134 valence electrons. The predicted molar refractivity (Wildman–Crippen MR) is 99.9 cm³/mol. The maximum absolute atomic E-state index is 12.9. The lowest BCUT2D eigenvalue weighted by molar-refractivity contribution is 0.308. The minimum Gasteiger partial charge on any atom is -0.493 e. The van der Waals surface area contributed by atoms with Crippen LogP contribution in [-0.2, 0) is 19.4 Å². The van der Waals surface area contributed by atoms with Gasteiger partial charge < -0.3 is 14.8 Å². The van der Waals surface area contributed by atoms with Crippen LogP contribution in [0.4, 0.5) is 4.39 Å². The van der Waals surface area contributed by atoms with Gasteiger partial charge in [-0.05, 0) is 55.6 Å². The number of allylic oxidation sites excluding steroid dienone is 1. The molecular weight excluding hydrogens is 317 g/mol. The summed E-state index contributed by atoms with van der Waals surface area (Å²) in [5.74, 6) is 1.34. The Morgan fingerprint density at radius 2 is 1.92 bits per heavy atom. The normalized spacial score (nSPS) is 10.5. The second-order valence-electron chi connectivity index (χ2n) is 5.77. The van der Waals surface area contributed by atoms with Gasteiger partial charge in [0.15, 0.2) is 11.5 Å². The standard InChI is InChI=1S/C21H26FNO2/c1-4-6-18-13-17(14-20(24-3)21(18)25-5-2)15-23-12-11-16-7-9-19(22)10-8-16/h4,7-10,13-14,23H,1,5-6,11-12,15H2,2-3H3. The summed E-state index contributed by atoms with van der Waals surface area (Å²) in [5.41, 5.74) is 3.33. The SMILES string of the molecule is C=CCc1cc(CNCCc2ccc(F)cc2)cc(OC)c1OCC. The summed E-state index contributed by atoms with van der Waals surface area (Å²) < 4.78 is 24.1. The molecule has 0 unspecified atom stereocenters. The van der Waals surface area contributed by atoms with Gasteiger partial charge in [0.1, 0.15) is 5.82 Å². The highest BCUT2D eigenvalue weighted by Gasteiger charge is 2.12. The molecule has 0 spiro atoms. The molecule has 0 aliphatic rings. The average molecular weight is 343 g/mol. The van der Waals surface area contributed by atoms with Crippen LogP contribution in [0.1, 0.15) is 23.6 Å². The number of halogens is 1. The summed E-state index contributed by atoms with van der Waals surface area (Å²) >= 11 is 0. The number of nitrogens with one attached hydrogen (secondary N) is 1. The van der Waals surface area contributed by atoms with Crippen molar-refractivity contribution >= 4 is 0 Å². The molecule has 0 aliphatic carbocycles. The van der Waals surface area contributed by atoms with Crippen LogP contribution in [0.25, 0.3) is 0 Å². The van der Waals surface area contributed by atoms with Crippen LogP contribution in [0.3, 0.4) is 0 Å². The van der Waals surface area contributed by atoms with E-state index in [4.69, 9.17) is 9.47 Å². The van der Waals surface area contributed by atoms with Crippen LogP contribution >= 0.6 is 0 Å². The number of ether oxygens (including phenoxy) is 2. The molecule has 2 rings (SSSR count). The minimum absolute atomic E-state index is 0.201. The zero-order chi connectivity index (χ0) is 18.1. The Morgan fingerprint density at radius 3 is 2.56 bits per heavy atom. The van der Waals surface area contributed by atoms with Crippen molar-refractivity contribution in [3.8, 4) is 11.5 Å². The molecule has 4 heteroatoms. The second-order valence-corrected chi connectivity index (χ2v) is 5.77. The maximum atomic E-state index is 12.9. The maximum Gasteiger partial charge on any atom is 0.164 e. The number of hydrogen-bond acceptors (Lipinski definition) is 3. The number of hydrogen-bond donors (Lipinski definition) is 1. The fourth-order valence-corrected chi connectivity index (χ4v) is 2.71.